The maximum atomic E-state index is 12.4. The van der Waals surface area contributed by atoms with E-state index in [-0.39, 0.29) is 13.0 Å². The van der Waals surface area contributed by atoms with E-state index in [1.807, 2.05) is 0 Å². The van der Waals surface area contributed by atoms with E-state index >= 15 is 0 Å². The van der Waals surface area contributed by atoms with Gasteiger partial charge in [-0.15, -0.1) is 0 Å². The first-order valence-electron chi connectivity index (χ1n) is 6.69. The average Bonchev–Trinajstić information content (AvgIpc) is 2.80. The highest BCUT2D eigenvalue weighted by atomic mass is 16.4. The SMILES string of the molecule is NC(=O)C1CCCCN1C(=O)N1C[C@@H](O)C[C@H]1C(=O)O. The monoisotopic (exact) mass is 285 g/mol. The Bertz CT molecular complexity index is 407. The van der Waals surface area contributed by atoms with Crippen LogP contribution in [-0.2, 0) is 9.59 Å². The smallest absolute Gasteiger partial charge is 0.326 e. The second-order valence-electron chi connectivity index (χ2n) is 5.29. The molecule has 4 N–H and O–H groups in total. The van der Waals surface area contributed by atoms with Crippen LogP contribution in [0.2, 0.25) is 0 Å². The minimum Gasteiger partial charge on any atom is -0.480 e. The molecule has 112 valence electrons. The standard InChI is InChI=1S/C12H19N3O5/c13-10(17)8-3-1-2-4-14(8)12(20)15-6-7(16)5-9(15)11(18)19/h7-9,16H,1-6H2,(H2,13,17)(H,18,19)/t7-,8?,9-/m0/s1. The first-order chi connectivity index (χ1) is 9.41. The number of rotatable bonds is 2. The van der Waals surface area contributed by atoms with Crippen LogP contribution in [0.4, 0.5) is 4.79 Å². The fourth-order valence-corrected chi connectivity index (χ4v) is 2.88. The van der Waals surface area contributed by atoms with Gasteiger partial charge in [0, 0.05) is 19.5 Å². The summed E-state index contributed by atoms with van der Waals surface area (Å²) in [6.45, 7) is 0.350. The molecular formula is C12H19N3O5. The maximum absolute atomic E-state index is 12.4. The van der Waals surface area contributed by atoms with Gasteiger partial charge < -0.3 is 25.7 Å². The first-order valence-corrected chi connectivity index (χ1v) is 6.69. The summed E-state index contributed by atoms with van der Waals surface area (Å²) in [5.74, 6) is -1.73. The average molecular weight is 285 g/mol. The predicted molar refractivity (Wildman–Crippen MR) is 67.7 cm³/mol. The van der Waals surface area contributed by atoms with Gasteiger partial charge in [0.1, 0.15) is 12.1 Å². The number of nitrogens with zero attached hydrogens (tertiary/aromatic N) is 2. The van der Waals surface area contributed by atoms with Crippen LogP contribution < -0.4 is 5.73 Å². The van der Waals surface area contributed by atoms with E-state index in [2.05, 4.69) is 0 Å². The number of piperidine rings is 1. The summed E-state index contributed by atoms with van der Waals surface area (Å²) in [4.78, 5) is 37.5. The number of primary amides is 1. The number of β-amino-alcohol motifs (C(OH)–C–C–N with tert-alkyl or cyclic N) is 1. The molecule has 0 aliphatic carbocycles. The van der Waals surface area contributed by atoms with Gasteiger partial charge in [0.2, 0.25) is 5.91 Å². The topological polar surface area (TPSA) is 124 Å². The van der Waals surface area contributed by atoms with Crippen LogP contribution >= 0.6 is 0 Å². The number of aliphatic carboxylic acids is 1. The van der Waals surface area contributed by atoms with Crippen molar-refractivity contribution in [2.75, 3.05) is 13.1 Å². The Morgan fingerprint density at radius 1 is 1.10 bits per heavy atom. The highest BCUT2D eigenvalue weighted by Crippen LogP contribution is 2.24. The van der Waals surface area contributed by atoms with E-state index in [0.29, 0.717) is 13.0 Å². The quantitative estimate of drug-likeness (QED) is 0.598. The third-order valence-electron chi connectivity index (χ3n) is 3.89. The van der Waals surface area contributed by atoms with Gasteiger partial charge in [-0.1, -0.05) is 0 Å². The van der Waals surface area contributed by atoms with E-state index in [0.717, 1.165) is 17.7 Å². The fourth-order valence-electron chi connectivity index (χ4n) is 2.88. The molecule has 2 aliphatic heterocycles. The third kappa shape index (κ3) is 2.69. The maximum Gasteiger partial charge on any atom is 0.326 e. The summed E-state index contributed by atoms with van der Waals surface area (Å²) >= 11 is 0. The number of amides is 3. The van der Waals surface area contributed by atoms with Crippen molar-refractivity contribution in [2.24, 2.45) is 5.73 Å². The Morgan fingerprint density at radius 3 is 2.40 bits per heavy atom. The number of carboxylic acid groups (broad SMARTS) is 1. The number of carbonyl (C=O) groups excluding carboxylic acids is 2. The Hall–Kier alpha value is -1.83. The lowest BCUT2D eigenvalue weighted by Gasteiger charge is -2.37. The molecule has 0 spiro atoms. The molecule has 0 saturated carbocycles. The fraction of sp³-hybridized carbons (Fsp3) is 0.750. The van der Waals surface area contributed by atoms with E-state index in [4.69, 9.17) is 10.8 Å². The van der Waals surface area contributed by atoms with Gasteiger partial charge >= 0.3 is 12.0 Å². The number of aliphatic hydroxyl groups excluding tert-OH is 1. The molecule has 3 amide bonds. The molecule has 2 saturated heterocycles. The molecule has 0 aromatic carbocycles. The zero-order valence-electron chi connectivity index (χ0n) is 11.1. The predicted octanol–water partition coefficient (Wildman–Crippen LogP) is -1.03. The van der Waals surface area contributed by atoms with Gasteiger partial charge in [-0.25, -0.2) is 9.59 Å². The second-order valence-corrected chi connectivity index (χ2v) is 5.29. The number of hydrogen-bond donors (Lipinski definition) is 3. The lowest BCUT2D eigenvalue weighted by atomic mass is 10.0. The summed E-state index contributed by atoms with van der Waals surface area (Å²) in [6, 6.07) is -2.27. The molecule has 2 aliphatic rings. The number of likely N-dealkylation sites (tertiary alicyclic amines) is 2. The van der Waals surface area contributed by atoms with Crippen LogP contribution in [0.25, 0.3) is 0 Å². The Labute approximate surface area is 116 Å². The summed E-state index contributed by atoms with van der Waals surface area (Å²) in [7, 11) is 0. The van der Waals surface area contributed by atoms with Gasteiger partial charge in [0.05, 0.1) is 6.10 Å². The van der Waals surface area contributed by atoms with Gasteiger partial charge in [-0.2, -0.15) is 0 Å². The van der Waals surface area contributed by atoms with E-state index in [1.54, 1.807) is 0 Å². The summed E-state index contributed by atoms with van der Waals surface area (Å²) in [5.41, 5.74) is 5.30. The van der Waals surface area contributed by atoms with Gasteiger partial charge in [0.25, 0.3) is 0 Å². The molecule has 0 radical (unpaired) electrons. The molecule has 1 unspecified atom stereocenters. The molecule has 0 aromatic heterocycles. The molecule has 8 heteroatoms. The van der Waals surface area contributed by atoms with Crippen molar-refractivity contribution in [2.45, 2.75) is 43.9 Å². The van der Waals surface area contributed by atoms with Gasteiger partial charge in [-0.05, 0) is 19.3 Å². The van der Waals surface area contributed by atoms with E-state index < -0.39 is 36.1 Å². The molecule has 20 heavy (non-hydrogen) atoms. The van der Waals surface area contributed by atoms with Gasteiger partial charge in [0.15, 0.2) is 0 Å². The first kappa shape index (κ1) is 14.6. The van der Waals surface area contributed by atoms with Crippen LogP contribution in [0, 0.1) is 0 Å². The lowest BCUT2D eigenvalue weighted by molar-refractivity contribution is -0.141. The van der Waals surface area contributed by atoms with Crippen LogP contribution in [0.5, 0.6) is 0 Å². The zero-order valence-corrected chi connectivity index (χ0v) is 11.1. The number of hydrogen-bond acceptors (Lipinski definition) is 4. The number of carbonyl (C=O) groups is 3. The number of aliphatic hydroxyl groups is 1. The lowest BCUT2D eigenvalue weighted by Crippen LogP contribution is -2.56. The highest BCUT2D eigenvalue weighted by Gasteiger charge is 2.43. The molecule has 2 fully saturated rings. The number of nitrogens with two attached hydrogens (primary N) is 1. The minimum absolute atomic E-state index is 0.0101. The van der Waals surface area contributed by atoms with Crippen molar-refractivity contribution >= 4 is 17.9 Å². The van der Waals surface area contributed by atoms with Crippen LogP contribution in [0.3, 0.4) is 0 Å². The molecular weight excluding hydrogens is 266 g/mol. The van der Waals surface area contributed by atoms with Crippen LogP contribution in [0.15, 0.2) is 0 Å². The summed E-state index contributed by atoms with van der Waals surface area (Å²) in [6.07, 6.45) is 1.22. The van der Waals surface area contributed by atoms with Gasteiger partial charge in [-0.3, -0.25) is 4.79 Å². The van der Waals surface area contributed by atoms with Crippen molar-refractivity contribution in [3.05, 3.63) is 0 Å². The molecule has 8 nitrogen and oxygen atoms in total. The Kier molecular flexibility index (Phi) is 4.12. The van der Waals surface area contributed by atoms with Crippen molar-refractivity contribution in [1.82, 2.24) is 9.80 Å². The van der Waals surface area contributed by atoms with E-state index in [1.165, 1.54) is 4.90 Å². The molecule has 3 atom stereocenters. The van der Waals surface area contributed by atoms with Crippen LogP contribution in [-0.4, -0.2) is 69.2 Å². The number of urea groups is 1. The molecule has 2 rings (SSSR count). The van der Waals surface area contributed by atoms with E-state index in [9.17, 15) is 19.5 Å². The third-order valence-corrected chi connectivity index (χ3v) is 3.89. The second kappa shape index (κ2) is 5.66. The normalized spacial score (nSPS) is 30.4. The highest BCUT2D eigenvalue weighted by molar-refractivity contribution is 5.88. The molecule has 0 bridgehead atoms. The van der Waals surface area contributed by atoms with Crippen LogP contribution in [0.1, 0.15) is 25.7 Å². The zero-order chi connectivity index (χ0) is 14.9. The largest absolute Gasteiger partial charge is 0.480 e. The number of carboxylic acids is 1. The Balaban J connectivity index is 2.16. The summed E-state index contributed by atoms with van der Waals surface area (Å²) in [5, 5.41) is 18.7. The van der Waals surface area contributed by atoms with Crippen molar-refractivity contribution < 1.29 is 24.6 Å². The molecule has 0 aromatic rings. The Morgan fingerprint density at radius 2 is 1.80 bits per heavy atom. The van der Waals surface area contributed by atoms with Crippen molar-refractivity contribution in [3.63, 3.8) is 0 Å². The molecule has 2 heterocycles. The van der Waals surface area contributed by atoms with Crippen molar-refractivity contribution in [3.8, 4) is 0 Å². The minimum atomic E-state index is -1.15. The summed E-state index contributed by atoms with van der Waals surface area (Å²) < 4.78 is 0. The van der Waals surface area contributed by atoms with Crippen molar-refractivity contribution in [1.29, 1.82) is 0 Å².